The normalized spacial score (nSPS) is 10.7. The molecule has 0 fully saturated rings. The van der Waals surface area contributed by atoms with E-state index in [0.29, 0.717) is 5.82 Å². The summed E-state index contributed by atoms with van der Waals surface area (Å²) < 4.78 is 0.756. The Bertz CT molecular complexity index is 328. The van der Waals surface area contributed by atoms with E-state index in [2.05, 4.69) is 30.8 Å². The molecule has 6 heteroatoms. The first-order valence-corrected chi connectivity index (χ1v) is 5.43. The van der Waals surface area contributed by atoms with Gasteiger partial charge in [-0.2, -0.15) is 0 Å². The Hall–Kier alpha value is -0.880. The molecule has 0 bridgehead atoms. The summed E-state index contributed by atoms with van der Waals surface area (Å²) in [5.74, 6) is 1.29. The fraction of sp³-hybridized carbons (Fsp3) is 0.556. The maximum atomic E-state index is 5.68. The van der Waals surface area contributed by atoms with Crippen molar-refractivity contribution in [1.29, 1.82) is 0 Å². The molecule has 1 heterocycles. The molecule has 84 valence electrons. The summed E-state index contributed by atoms with van der Waals surface area (Å²) in [6, 6.07) is 0. The van der Waals surface area contributed by atoms with Crippen LogP contribution in [0, 0.1) is 0 Å². The van der Waals surface area contributed by atoms with E-state index in [1.807, 2.05) is 26.0 Å². The molecule has 1 aromatic heterocycles. The standard InChI is InChI=1S/C9H16BrN5/c1-14(2)4-5-15(3)9-7(10)8(11)12-6-13-9/h6H,4-5H2,1-3H3,(H2,11,12,13). The van der Waals surface area contributed by atoms with Gasteiger partial charge >= 0.3 is 0 Å². The van der Waals surface area contributed by atoms with Crippen LogP contribution in [0.4, 0.5) is 11.6 Å². The number of hydrogen-bond donors (Lipinski definition) is 1. The summed E-state index contributed by atoms with van der Waals surface area (Å²) in [7, 11) is 6.06. The first kappa shape index (κ1) is 12.2. The van der Waals surface area contributed by atoms with Gasteiger partial charge in [0, 0.05) is 20.1 Å². The molecule has 0 spiro atoms. The van der Waals surface area contributed by atoms with E-state index in [1.165, 1.54) is 6.33 Å². The molecule has 0 aliphatic carbocycles. The molecular weight excluding hydrogens is 258 g/mol. The number of hydrogen-bond acceptors (Lipinski definition) is 5. The average molecular weight is 274 g/mol. The second-order valence-corrected chi connectivity index (χ2v) is 4.41. The van der Waals surface area contributed by atoms with Crippen LogP contribution >= 0.6 is 15.9 Å². The van der Waals surface area contributed by atoms with Gasteiger partial charge in [0.1, 0.15) is 22.4 Å². The molecule has 0 amide bonds. The van der Waals surface area contributed by atoms with Gasteiger partial charge in [0.15, 0.2) is 0 Å². The largest absolute Gasteiger partial charge is 0.383 e. The molecule has 0 saturated heterocycles. The van der Waals surface area contributed by atoms with Crippen molar-refractivity contribution in [2.75, 3.05) is 44.9 Å². The van der Waals surface area contributed by atoms with Crippen molar-refractivity contribution in [3.05, 3.63) is 10.8 Å². The van der Waals surface area contributed by atoms with Gasteiger partial charge in [0.05, 0.1) is 0 Å². The molecule has 1 rings (SSSR count). The molecule has 5 nitrogen and oxygen atoms in total. The third-order valence-corrected chi connectivity index (χ3v) is 2.80. The quantitative estimate of drug-likeness (QED) is 0.880. The van der Waals surface area contributed by atoms with E-state index in [1.54, 1.807) is 0 Å². The van der Waals surface area contributed by atoms with E-state index < -0.39 is 0 Å². The summed E-state index contributed by atoms with van der Waals surface area (Å²) in [5, 5.41) is 0. The molecule has 0 aromatic carbocycles. The highest BCUT2D eigenvalue weighted by Crippen LogP contribution is 2.26. The molecule has 1 aromatic rings. The Balaban J connectivity index is 2.73. The molecule has 0 atom stereocenters. The predicted octanol–water partition coefficient (Wildman–Crippen LogP) is 0.819. The van der Waals surface area contributed by atoms with Gasteiger partial charge in [-0.25, -0.2) is 9.97 Å². The highest BCUT2D eigenvalue weighted by molar-refractivity contribution is 9.10. The Kier molecular flexibility index (Phi) is 4.28. The number of anilines is 2. The fourth-order valence-electron chi connectivity index (χ4n) is 1.10. The third kappa shape index (κ3) is 3.32. The summed E-state index contributed by atoms with van der Waals surface area (Å²) in [5.41, 5.74) is 5.68. The maximum Gasteiger partial charge on any atom is 0.148 e. The monoisotopic (exact) mass is 273 g/mol. The van der Waals surface area contributed by atoms with Crippen molar-refractivity contribution in [2.45, 2.75) is 0 Å². The van der Waals surface area contributed by atoms with Gasteiger partial charge in [0.25, 0.3) is 0 Å². The predicted molar refractivity (Wildman–Crippen MR) is 66.0 cm³/mol. The third-order valence-electron chi connectivity index (χ3n) is 2.04. The van der Waals surface area contributed by atoms with Gasteiger partial charge in [0.2, 0.25) is 0 Å². The minimum Gasteiger partial charge on any atom is -0.383 e. The highest BCUT2D eigenvalue weighted by atomic mass is 79.9. The summed E-state index contributed by atoms with van der Waals surface area (Å²) in [6.45, 7) is 1.86. The van der Waals surface area contributed by atoms with Gasteiger partial charge in [-0.3, -0.25) is 0 Å². The zero-order valence-corrected chi connectivity index (χ0v) is 10.8. The molecule has 0 aliphatic rings. The van der Waals surface area contributed by atoms with Gasteiger partial charge in [-0.1, -0.05) is 0 Å². The number of likely N-dealkylation sites (N-methyl/N-ethyl adjacent to an activating group) is 2. The molecule has 15 heavy (non-hydrogen) atoms. The van der Waals surface area contributed by atoms with E-state index in [0.717, 1.165) is 23.4 Å². The van der Waals surface area contributed by atoms with Gasteiger partial charge < -0.3 is 15.5 Å². The minimum atomic E-state index is 0.469. The van der Waals surface area contributed by atoms with Crippen LogP contribution < -0.4 is 10.6 Å². The average Bonchev–Trinajstić information content (AvgIpc) is 2.18. The van der Waals surface area contributed by atoms with Crippen LogP contribution in [0.25, 0.3) is 0 Å². The van der Waals surface area contributed by atoms with Crippen LogP contribution in [0.1, 0.15) is 0 Å². The van der Waals surface area contributed by atoms with Crippen LogP contribution in [-0.4, -0.2) is 49.1 Å². The SMILES string of the molecule is CN(C)CCN(C)c1ncnc(N)c1Br. The number of nitrogen functional groups attached to an aromatic ring is 1. The maximum absolute atomic E-state index is 5.68. The number of rotatable bonds is 4. The van der Waals surface area contributed by atoms with E-state index in [9.17, 15) is 0 Å². The van der Waals surface area contributed by atoms with Crippen molar-refractivity contribution < 1.29 is 0 Å². The Morgan fingerprint density at radius 2 is 1.93 bits per heavy atom. The lowest BCUT2D eigenvalue weighted by atomic mass is 10.4. The Labute approximate surface area is 98.4 Å². The molecule has 0 unspecified atom stereocenters. The zero-order valence-electron chi connectivity index (χ0n) is 9.24. The second-order valence-electron chi connectivity index (χ2n) is 3.62. The summed E-state index contributed by atoms with van der Waals surface area (Å²) in [4.78, 5) is 12.2. The van der Waals surface area contributed by atoms with Gasteiger partial charge in [-0.05, 0) is 30.0 Å². The second kappa shape index (κ2) is 5.27. The van der Waals surface area contributed by atoms with Crippen LogP contribution in [0.15, 0.2) is 10.8 Å². The molecular formula is C9H16BrN5. The zero-order chi connectivity index (χ0) is 11.4. The number of halogens is 1. The van der Waals surface area contributed by atoms with Crippen molar-refractivity contribution in [1.82, 2.24) is 14.9 Å². The number of nitrogens with zero attached hydrogens (tertiary/aromatic N) is 4. The topological polar surface area (TPSA) is 58.3 Å². The van der Waals surface area contributed by atoms with Crippen LogP contribution in [0.3, 0.4) is 0 Å². The summed E-state index contributed by atoms with van der Waals surface area (Å²) >= 11 is 3.38. The Morgan fingerprint density at radius 3 is 2.53 bits per heavy atom. The lowest BCUT2D eigenvalue weighted by Gasteiger charge is -2.21. The van der Waals surface area contributed by atoms with Crippen LogP contribution in [-0.2, 0) is 0 Å². The Morgan fingerprint density at radius 1 is 1.27 bits per heavy atom. The minimum absolute atomic E-state index is 0.469. The van der Waals surface area contributed by atoms with Crippen molar-refractivity contribution in [3.63, 3.8) is 0 Å². The van der Waals surface area contributed by atoms with Crippen molar-refractivity contribution in [3.8, 4) is 0 Å². The van der Waals surface area contributed by atoms with Crippen LogP contribution in [0.2, 0.25) is 0 Å². The molecule has 0 saturated carbocycles. The number of nitrogens with two attached hydrogens (primary N) is 1. The van der Waals surface area contributed by atoms with E-state index >= 15 is 0 Å². The van der Waals surface area contributed by atoms with Crippen molar-refractivity contribution in [2.24, 2.45) is 0 Å². The van der Waals surface area contributed by atoms with Gasteiger partial charge in [-0.15, -0.1) is 0 Å². The smallest absolute Gasteiger partial charge is 0.148 e. The highest BCUT2D eigenvalue weighted by Gasteiger charge is 2.10. The number of aromatic nitrogens is 2. The summed E-state index contributed by atoms with van der Waals surface area (Å²) in [6.07, 6.45) is 1.47. The molecule has 2 N–H and O–H groups in total. The van der Waals surface area contributed by atoms with E-state index in [4.69, 9.17) is 5.73 Å². The molecule has 0 aliphatic heterocycles. The molecule has 0 radical (unpaired) electrons. The lowest BCUT2D eigenvalue weighted by Crippen LogP contribution is -2.29. The first-order chi connectivity index (χ1) is 7.02. The fourth-order valence-corrected chi connectivity index (χ4v) is 1.60. The first-order valence-electron chi connectivity index (χ1n) is 4.64. The van der Waals surface area contributed by atoms with Crippen molar-refractivity contribution >= 4 is 27.6 Å². The van der Waals surface area contributed by atoms with Crippen LogP contribution in [0.5, 0.6) is 0 Å². The van der Waals surface area contributed by atoms with E-state index in [-0.39, 0.29) is 0 Å². The lowest BCUT2D eigenvalue weighted by molar-refractivity contribution is 0.416.